The normalized spacial score (nSPS) is 19.3. The van der Waals surface area contributed by atoms with Gasteiger partial charge in [0, 0.05) is 13.0 Å². The summed E-state index contributed by atoms with van der Waals surface area (Å²) >= 11 is 7.29. The maximum absolute atomic E-state index is 12.0. The molecule has 1 unspecified atom stereocenters. The summed E-state index contributed by atoms with van der Waals surface area (Å²) in [6.07, 6.45) is 0.115. The van der Waals surface area contributed by atoms with Gasteiger partial charge in [0.05, 0.1) is 16.1 Å². The zero-order valence-electron chi connectivity index (χ0n) is 9.67. The summed E-state index contributed by atoms with van der Waals surface area (Å²) in [6.45, 7) is 0.245. The average molecular weight is 297 g/mol. The van der Waals surface area contributed by atoms with Crippen LogP contribution in [0.25, 0.3) is 10.2 Å². The first kappa shape index (κ1) is 12.3. The van der Waals surface area contributed by atoms with E-state index in [0.717, 1.165) is 4.70 Å². The van der Waals surface area contributed by atoms with Crippen LogP contribution in [-0.2, 0) is 9.59 Å². The minimum Gasteiger partial charge on any atom is -0.369 e. The van der Waals surface area contributed by atoms with Crippen LogP contribution in [0.3, 0.4) is 0 Å². The van der Waals surface area contributed by atoms with Crippen LogP contribution in [0.1, 0.15) is 6.42 Å². The fourth-order valence-electron chi connectivity index (χ4n) is 2.11. The third-order valence-corrected chi connectivity index (χ3v) is 4.11. The number of carbonyl (C=O) groups is 2. The molecule has 0 bridgehead atoms. The van der Waals surface area contributed by atoms with Gasteiger partial charge >= 0.3 is 0 Å². The lowest BCUT2D eigenvalue weighted by atomic mass is 10.1. The highest BCUT2D eigenvalue weighted by Gasteiger charge is 2.35. The number of hydrogen-bond acceptors (Lipinski definition) is 5. The number of thiophene rings is 1. The van der Waals surface area contributed by atoms with Gasteiger partial charge < -0.3 is 5.73 Å². The predicted molar refractivity (Wildman–Crippen MR) is 72.1 cm³/mol. The second kappa shape index (κ2) is 4.43. The highest BCUT2D eigenvalue weighted by molar-refractivity contribution is 7.17. The maximum Gasteiger partial charge on any atom is 0.229 e. The van der Waals surface area contributed by atoms with Crippen molar-refractivity contribution in [3.05, 3.63) is 16.7 Å². The summed E-state index contributed by atoms with van der Waals surface area (Å²) in [5, 5.41) is 1.93. The van der Waals surface area contributed by atoms with E-state index in [0.29, 0.717) is 11.3 Å². The van der Waals surface area contributed by atoms with Gasteiger partial charge in [-0.1, -0.05) is 0 Å². The number of nitrogens with two attached hydrogens (primary N) is 1. The summed E-state index contributed by atoms with van der Waals surface area (Å²) in [7, 11) is 0. The highest BCUT2D eigenvalue weighted by Crippen LogP contribution is 2.33. The molecule has 0 aromatic carbocycles. The fraction of sp³-hybridized carbons (Fsp3) is 0.273. The minimum absolute atomic E-state index is 0.0798. The number of carbonyl (C=O) groups excluding carboxylic acids is 2. The molecule has 3 heterocycles. The molecule has 1 atom stereocenters. The Kier molecular flexibility index (Phi) is 2.87. The average Bonchev–Trinajstić information content (AvgIpc) is 2.94. The van der Waals surface area contributed by atoms with E-state index >= 15 is 0 Å². The van der Waals surface area contributed by atoms with Crippen molar-refractivity contribution in [1.82, 2.24) is 9.97 Å². The van der Waals surface area contributed by atoms with Gasteiger partial charge in [-0.15, -0.1) is 11.3 Å². The van der Waals surface area contributed by atoms with Gasteiger partial charge in [-0.05, 0) is 23.0 Å². The Balaban J connectivity index is 2.07. The van der Waals surface area contributed by atoms with Gasteiger partial charge in [0.1, 0.15) is 0 Å². The standard InChI is InChI=1S/C11H9ClN4O2S/c12-11-14-6-1-2-19-8(6)10(15-11)16-4-5(9(13)18)3-7(16)17/h1-2,5H,3-4H2,(H2,13,18). The van der Waals surface area contributed by atoms with Crippen LogP contribution in [0, 0.1) is 5.92 Å². The Morgan fingerprint density at radius 1 is 1.53 bits per heavy atom. The van der Waals surface area contributed by atoms with E-state index in [9.17, 15) is 9.59 Å². The van der Waals surface area contributed by atoms with Crippen LogP contribution in [0.15, 0.2) is 11.4 Å². The van der Waals surface area contributed by atoms with Crippen LogP contribution in [0.5, 0.6) is 0 Å². The molecule has 8 heteroatoms. The molecule has 2 aromatic rings. The lowest BCUT2D eigenvalue weighted by Crippen LogP contribution is -2.29. The Hall–Kier alpha value is -1.73. The van der Waals surface area contributed by atoms with Crippen molar-refractivity contribution < 1.29 is 9.59 Å². The van der Waals surface area contributed by atoms with Crippen molar-refractivity contribution in [2.75, 3.05) is 11.4 Å². The number of hydrogen-bond donors (Lipinski definition) is 1. The maximum atomic E-state index is 12.0. The number of amides is 2. The quantitative estimate of drug-likeness (QED) is 0.843. The molecule has 98 valence electrons. The van der Waals surface area contributed by atoms with Gasteiger partial charge in [-0.25, -0.2) is 4.98 Å². The predicted octanol–water partition coefficient (Wildman–Crippen LogP) is 1.18. The van der Waals surface area contributed by atoms with E-state index in [4.69, 9.17) is 17.3 Å². The van der Waals surface area contributed by atoms with Gasteiger partial charge in [0.15, 0.2) is 5.82 Å². The van der Waals surface area contributed by atoms with Crippen molar-refractivity contribution >= 4 is 50.8 Å². The second-order valence-corrected chi connectivity index (χ2v) is 5.51. The van der Waals surface area contributed by atoms with Crippen molar-refractivity contribution in [3.8, 4) is 0 Å². The van der Waals surface area contributed by atoms with Crippen LogP contribution in [0.2, 0.25) is 5.28 Å². The van der Waals surface area contributed by atoms with E-state index < -0.39 is 11.8 Å². The molecule has 2 aromatic heterocycles. The zero-order valence-corrected chi connectivity index (χ0v) is 11.2. The lowest BCUT2D eigenvalue weighted by Gasteiger charge is -2.15. The second-order valence-electron chi connectivity index (χ2n) is 4.26. The van der Waals surface area contributed by atoms with E-state index in [1.54, 1.807) is 0 Å². The Morgan fingerprint density at radius 2 is 2.32 bits per heavy atom. The molecular weight excluding hydrogens is 288 g/mol. The lowest BCUT2D eigenvalue weighted by molar-refractivity contribution is -0.123. The van der Waals surface area contributed by atoms with Crippen molar-refractivity contribution in [3.63, 3.8) is 0 Å². The third kappa shape index (κ3) is 2.04. The number of primary amides is 1. The Morgan fingerprint density at radius 3 is 3.00 bits per heavy atom. The number of aromatic nitrogens is 2. The molecule has 6 nitrogen and oxygen atoms in total. The first-order valence-corrected chi connectivity index (χ1v) is 6.82. The van der Waals surface area contributed by atoms with Crippen LogP contribution in [-0.4, -0.2) is 28.3 Å². The third-order valence-electron chi connectivity index (χ3n) is 3.04. The first-order chi connectivity index (χ1) is 9.06. The monoisotopic (exact) mass is 296 g/mol. The molecule has 0 aliphatic carbocycles. The number of halogens is 1. The molecule has 2 N–H and O–H groups in total. The van der Waals surface area contributed by atoms with Crippen LogP contribution >= 0.6 is 22.9 Å². The molecule has 0 saturated carbocycles. The van der Waals surface area contributed by atoms with Crippen molar-refractivity contribution in [2.45, 2.75) is 6.42 Å². The van der Waals surface area contributed by atoms with Crippen LogP contribution in [0.4, 0.5) is 5.82 Å². The Bertz CT molecular complexity index is 686. The molecule has 19 heavy (non-hydrogen) atoms. The number of rotatable bonds is 2. The van der Waals surface area contributed by atoms with Crippen LogP contribution < -0.4 is 10.6 Å². The highest BCUT2D eigenvalue weighted by atomic mass is 35.5. The van der Waals surface area contributed by atoms with Gasteiger partial charge in [-0.3, -0.25) is 14.5 Å². The van der Waals surface area contributed by atoms with E-state index in [-0.39, 0.29) is 24.2 Å². The van der Waals surface area contributed by atoms with Crippen molar-refractivity contribution in [2.24, 2.45) is 11.7 Å². The number of anilines is 1. The van der Waals surface area contributed by atoms with E-state index in [2.05, 4.69) is 9.97 Å². The summed E-state index contributed by atoms with van der Waals surface area (Å²) in [4.78, 5) is 32.8. The molecule has 1 fully saturated rings. The van der Waals surface area contributed by atoms with E-state index in [1.807, 2.05) is 11.4 Å². The minimum atomic E-state index is -0.476. The summed E-state index contributed by atoms with van der Waals surface area (Å²) in [5.41, 5.74) is 5.94. The number of fused-ring (bicyclic) bond motifs is 1. The fourth-order valence-corrected chi connectivity index (χ4v) is 3.11. The zero-order chi connectivity index (χ0) is 13.6. The summed E-state index contributed by atoms with van der Waals surface area (Å²) < 4.78 is 0.780. The van der Waals surface area contributed by atoms with Gasteiger partial charge in [-0.2, -0.15) is 4.98 Å². The molecule has 2 amide bonds. The summed E-state index contributed by atoms with van der Waals surface area (Å²) in [5.74, 6) is -0.665. The molecule has 3 rings (SSSR count). The SMILES string of the molecule is NC(=O)C1CC(=O)N(c2nc(Cl)nc3ccsc23)C1. The molecule has 1 aliphatic heterocycles. The molecule has 0 spiro atoms. The first-order valence-electron chi connectivity index (χ1n) is 5.56. The smallest absolute Gasteiger partial charge is 0.229 e. The van der Waals surface area contributed by atoms with Crippen molar-refractivity contribution in [1.29, 1.82) is 0 Å². The molecule has 0 radical (unpaired) electrons. The topological polar surface area (TPSA) is 89.2 Å². The summed E-state index contributed by atoms with van der Waals surface area (Å²) in [6, 6.07) is 1.81. The molecule has 1 aliphatic rings. The van der Waals surface area contributed by atoms with Gasteiger partial charge in [0.25, 0.3) is 0 Å². The Labute approximate surface area is 117 Å². The van der Waals surface area contributed by atoms with Gasteiger partial charge in [0.2, 0.25) is 17.1 Å². The molecular formula is C11H9ClN4O2S. The molecule has 1 saturated heterocycles. The largest absolute Gasteiger partial charge is 0.369 e. The van der Waals surface area contributed by atoms with E-state index in [1.165, 1.54) is 16.2 Å². The number of nitrogens with zero attached hydrogens (tertiary/aromatic N) is 3.